The summed E-state index contributed by atoms with van der Waals surface area (Å²) in [6, 6.07) is 0. The summed E-state index contributed by atoms with van der Waals surface area (Å²) < 4.78 is 0. The molecule has 1 N–H and O–H groups in total. The number of likely N-dealkylation sites (tertiary alicyclic amines) is 1. The van der Waals surface area contributed by atoms with E-state index in [0.717, 1.165) is 29.7 Å². The second kappa shape index (κ2) is 6.28. The van der Waals surface area contributed by atoms with Crippen LogP contribution in [0.15, 0.2) is 6.33 Å². The fraction of sp³-hybridized carbons (Fsp3) is 0.625. The number of aromatic nitrogens is 2. The van der Waals surface area contributed by atoms with Crippen molar-refractivity contribution in [2.24, 2.45) is 5.92 Å². The highest BCUT2D eigenvalue weighted by Crippen LogP contribution is 2.32. The van der Waals surface area contributed by atoms with Crippen LogP contribution in [0, 0.1) is 19.8 Å². The number of fused-ring (bicyclic) bond motifs is 1. The van der Waals surface area contributed by atoms with Gasteiger partial charge in [0.15, 0.2) is 0 Å². The molecule has 1 fully saturated rings. The van der Waals surface area contributed by atoms with Gasteiger partial charge in [0.1, 0.15) is 17.0 Å². The van der Waals surface area contributed by atoms with Crippen LogP contribution in [0.1, 0.15) is 30.2 Å². The Morgan fingerprint density at radius 2 is 2.05 bits per heavy atom. The van der Waals surface area contributed by atoms with E-state index in [1.807, 2.05) is 0 Å². The van der Waals surface area contributed by atoms with Gasteiger partial charge >= 0.3 is 0 Å². The zero-order valence-corrected chi connectivity index (χ0v) is 14.0. The topological polar surface area (TPSA) is 41.1 Å². The molecule has 1 aliphatic rings. The second-order valence-electron chi connectivity index (χ2n) is 6.14. The van der Waals surface area contributed by atoms with E-state index < -0.39 is 0 Å². The fourth-order valence-corrected chi connectivity index (χ4v) is 3.93. The van der Waals surface area contributed by atoms with E-state index >= 15 is 0 Å². The van der Waals surface area contributed by atoms with Gasteiger partial charge in [-0.3, -0.25) is 0 Å². The van der Waals surface area contributed by atoms with E-state index in [1.54, 1.807) is 17.7 Å². The molecule has 1 saturated heterocycles. The number of thiophene rings is 1. The number of anilines is 1. The van der Waals surface area contributed by atoms with Gasteiger partial charge in [0.25, 0.3) is 0 Å². The largest absolute Gasteiger partial charge is 0.368 e. The number of aryl methyl sites for hydroxylation is 2. The Hall–Kier alpha value is -1.20. The highest BCUT2D eigenvalue weighted by atomic mass is 32.1. The third-order valence-electron chi connectivity index (χ3n) is 4.56. The Balaban J connectivity index is 1.63. The fourth-order valence-electron chi connectivity index (χ4n) is 2.93. The van der Waals surface area contributed by atoms with Crippen LogP contribution in [0.5, 0.6) is 0 Å². The third-order valence-corrected chi connectivity index (χ3v) is 5.68. The van der Waals surface area contributed by atoms with E-state index in [-0.39, 0.29) is 0 Å². The first kappa shape index (κ1) is 14.7. The van der Waals surface area contributed by atoms with Crippen LogP contribution < -0.4 is 5.32 Å². The first-order valence-corrected chi connectivity index (χ1v) is 8.63. The van der Waals surface area contributed by atoms with E-state index in [1.165, 1.54) is 41.8 Å². The second-order valence-corrected chi connectivity index (χ2v) is 7.34. The molecular formula is C16H24N4S. The Bertz CT molecular complexity index is 614. The van der Waals surface area contributed by atoms with Crippen molar-refractivity contribution in [3.8, 4) is 0 Å². The molecule has 0 saturated carbocycles. The van der Waals surface area contributed by atoms with Crippen molar-refractivity contribution in [3.63, 3.8) is 0 Å². The van der Waals surface area contributed by atoms with Gasteiger partial charge in [0.2, 0.25) is 0 Å². The number of rotatable bonds is 4. The minimum absolute atomic E-state index is 0.895. The third kappa shape index (κ3) is 3.19. The number of hydrogen-bond donors (Lipinski definition) is 1. The summed E-state index contributed by atoms with van der Waals surface area (Å²) in [5, 5.41) is 4.72. The van der Waals surface area contributed by atoms with Gasteiger partial charge in [-0.05, 0) is 51.3 Å². The van der Waals surface area contributed by atoms with Crippen LogP contribution in [0.3, 0.4) is 0 Å². The van der Waals surface area contributed by atoms with Crippen molar-refractivity contribution in [3.05, 3.63) is 16.8 Å². The molecule has 0 atom stereocenters. The minimum atomic E-state index is 0.895. The lowest BCUT2D eigenvalue weighted by Gasteiger charge is -2.30. The molecule has 21 heavy (non-hydrogen) atoms. The van der Waals surface area contributed by atoms with Crippen molar-refractivity contribution in [2.75, 3.05) is 31.5 Å². The molecule has 5 heteroatoms. The van der Waals surface area contributed by atoms with E-state index in [2.05, 4.69) is 41.0 Å². The van der Waals surface area contributed by atoms with Gasteiger partial charge in [-0.15, -0.1) is 11.3 Å². The van der Waals surface area contributed by atoms with Crippen LogP contribution in [-0.4, -0.2) is 41.0 Å². The molecule has 2 aromatic heterocycles. The number of nitrogens with one attached hydrogen (secondary N) is 1. The molecule has 0 bridgehead atoms. The summed E-state index contributed by atoms with van der Waals surface area (Å²) in [4.78, 5) is 13.8. The molecule has 0 amide bonds. The Morgan fingerprint density at radius 1 is 1.29 bits per heavy atom. The van der Waals surface area contributed by atoms with Crippen molar-refractivity contribution in [1.29, 1.82) is 0 Å². The molecule has 0 radical (unpaired) electrons. The van der Waals surface area contributed by atoms with Gasteiger partial charge in [-0.25, -0.2) is 9.97 Å². The molecule has 4 nitrogen and oxygen atoms in total. The van der Waals surface area contributed by atoms with Crippen molar-refractivity contribution < 1.29 is 0 Å². The maximum atomic E-state index is 4.44. The zero-order chi connectivity index (χ0) is 14.8. The highest BCUT2D eigenvalue weighted by molar-refractivity contribution is 7.18. The van der Waals surface area contributed by atoms with Crippen LogP contribution in [0.4, 0.5) is 5.82 Å². The predicted octanol–water partition coefficient (Wildman–Crippen LogP) is 3.45. The van der Waals surface area contributed by atoms with Gasteiger partial charge < -0.3 is 10.2 Å². The average Bonchev–Trinajstić information content (AvgIpc) is 2.77. The minimum Gasteiger partial charge on any atom is -0.368 e. The summed E-state index contributed by atoms with van der Waals surface area (Å²) in [7, 11) is 0. The Labute approximate surface area is 130 Å². The summed E-state index contributed by atoms with van der Waals surface area (Å²) in [5.41, 5.74) is 1.31. The summed E-state index contributed by atoms with van der Waals surface area (Å²) in [6.45, 7) is 11.2. The highest BCUT2D eigenvalue weighted by Gasteiger charge is 2.15. The zero-order valence-electron chi connectivity index (χ0n) is 13.1. The van der Waals surface area contributed by atoms with Crippen LogP contribution in [-0.2, 0) is 0 Å². The van der Waals surface area contributed by atoms with Gasteiger partial charge in [-0.2, -0.15) is 0 Å². The number of nitrogens with zero attached hydrogens (tertiary/aromatic N) is 3. The van der Waals surface area contributed by atoms with Crippen LogP contribution in [0.25, 0.3) is 10.2 Å². The standard InChI is InChI=1S/C16H24N4S/c1-11-4-7-20(8-5-11)9-6-17-15-14-12(2)13(3)21-16(14)19-10-18-15/h10-11H,4-9H2,1-3H3,(H,17,18,19). The molecule has 0 unspecified atom stereocenters. The molecule has 3 heterocycles. The molecule has 2 aromatic rings. The van der Waals surface area contributed by atoms with Gasteiger partial charge in [0, 0.05) is 18.0 Å². The Kier molecular flexibility index (Phi) is 4.40. The smallest absolute Gasteiger partial charge is 0.138 e. The molecule has 0 aliphatic carbocycles. The average molecular weight is 304 g/mol. The van der Waals surface area contributed by atoms with Gasteiger partial charge in [-0.1, -0.05) is 6.92 Å². The Morgan fingerprint density at radius 3 is 2.81 bits per heavy atom. The lowest BCUT2D eigenvalue weighted by Crippen LogP contribution is -2.36. The van der Waals surface area contributed by atoms with Crippen molar-refractivity contribution in [2.45, 2.75) is 33.6 Å². The lowest BCUT2D eigenvalue weighted by atomic mass is 9.99. The normalized spacial score (nSPS) is 17.5. The van der Waals surface area contributed by atoms with Gasteiger partial charge in [0.05, 0.1) is 5.39 Å². The summed E-state index contributed by atoms with van der Waals surface area (Å²) in [5.74, 6) is 1.89. The molecule has 3 rings (SSSR count). The van der Waals surface area contributed by atoms with Crippen molar-refractivity contribution >= 4 is 27.4 Å². The first-order chi connectivity index (χ1) is 10.1. The maximum Gasteiger partial charge on any atom is 0.138 e. The number of hydrogen-bond acceptors (Lipinski definition) is 5. The monoisotopic (exact) mass is 304 g/mol. The molecule has 1 aliphatic heterocycles. The number of piperidine rings is 1. The SMILES string of the molecule is Cc1sc2ncnc(NCCN3CCC(C)CC3)c2c1C. The predicted molar refractivity (Wildman–Crippen MR) is 90.2 cm³/mol. The quantitative estimate of drug-likeness (QED) is 0.939. The van der Waals surface area contributed by atoms with Crippen LogP contribution >= 0.6 is 11.3 Å². The van der Waals surface area contributed by atoms with E-state index in [9.17, 15) is 0 Å². The molecule has 114 valence electrons. The van der Waals surface area contributed by atoms with E-state index in [0.29, 0.717) is 0 Å². The maximum absolute atomic E-state index is 4.44. The molecule has 0 aromatic carbocycles. The summed E-state index contributed by atoms with van der Waals surface area (Å²) >= 11 is 1.75. The first-order valence-electron chi connectivity index (χ1n) is 7.82. The van der Waals surface area contributed by atoms with E-state index in [4.69, 9.17) is 0 Å². The lowest BCUT2D eigenvalue weighted by molar-refractivity contribution is 0.199. The summed E-state index contributed by atoms with van der Waals surface area (Å²) in [6.07, 6.45) is 4.34. The van der Waals surface area contributed by atoms with Crippen molar-refractivity contribution in [1.82, 2.24) is 14.9 Å². The molecule has 0 spiro atoms. The molecular weight excluding hydrogens is 280 g/mol. The van der Waals surface area contributed by atoms with Crippen LogP contribution in [0.2, 0.25) is 0 Å².